The highest BCUT2D eigenvalue weighted by molar-refractivity contribution is 5.74. The highest BCUT2D eigenvalue weighted by atomic mass is 16.5. The Balaban J connectivity index is 2.71. The van der Waals surface area contributed by atoms with E-state index in [0.717, 1.165) is 11.4 Å². The van der Waals surface area contributed by atoms with Crippen LogP contribution in [-0.4, -0.2) is 18.0 Å². The van der Waals surface area contributed by atoms with Crippen molar-refractivity contribution in [2.45, 2.75) is 6.92 Å². The largest absolute Gasteiger partial charge is 0.495 e. The predicted octanol–water partition coefficient (Wildman–Crippen LogP) is 1.97. The summed E-state index contributed by atoms with van der Waals surface area (Å²) in [6.45, 7) is 1.81. The van der Waals surface area contributed by atoms with Crippen LogP contribution >= 0.6 is 0 Å². The van der Waals surface area contributed by atoms with Crippen LogP contribution in [0.5, 0.6) is 5.75 Å². The molecule has 2 rings (SSSR count). The third-order valence-electron chi connectivity index (χ3n) is 2.74. The number of carbonyl (C=O) groups excluding carboxylic acids is 1. The minimum atomic E-state index is -0.270. The number of methoxy groups -OCH3 is 1. The van der Waals surface area contributed by atoms with Crippen LogP contribution in [0.4, 0.5) is 0 Å². The quantitative estimate of drug-likeness (QED) is 0.774. The van der Waals surface area contributed by atoms with Gasteiger partial charge >= 0.3 is 0 Å². The van der Waals surface area contributed by atoms with E-state index in [1.165, 1.54) is 12.3 Å². The van der Waals surface area contributed by atoms with Gasteiger partial charge in [0.05, 0.1) is 18.4 Å². The lowest BCUT2D eigenvalue weighted by Gasteiger charge is -2.14. The van der Waals surface area contributed by atoms with Crippen molar-refractivity contribution in [2.75, 3.05) is 7.11 Å². The number of aldehydes is 1. The molecule has 1 heterocycles. The molecule has 2 aromatic rings. The minimum Gasteiger partial charge on any atom is -0.495 e. The van der Waals surface area contributed by atoms with Crippen LogP contribution in [0.3, 0.4) is 0 Å². The van der Waals surface area contributed by atoms with E-state index < -0.39 is 0 Å². The second-order valence-corrected chi connectivity index (χ2v) is 3.89. The Kier molecular flexibility index (Phi) is 3.28. The van der Waals surface area contributed by atoms with E-state index in [4.69, 9.17) is 4.74 Å². The Bertz CT molecular complexity index is 644. The van der Waals surface area contributed by atoms with Crippen molar-refractivity contribution in [2.24, 2.45) is 0 Å². The maximum atomic E-state index is 11.5. The Morgan fingerprint density at radius 3 is 2.67 bits per heavy atom. The normalized spacial score (nSPS) is 10.1. The van der Waals surface area contributed by atoms with Gasteiger partial charge in [-0.05, 0) is 19.1 Å². The van der Waals surface area contributed by atoms with Gasteiger partial charge in [-0.25, -0.2) is 0 Å². The zero-order chi connectivity index (χ0) is 13.1. The van der Waals surface area contributed by atoms with Crippen LogP contribution in [0.1, 0.15) is 16.1 Å². The number of nitrogens with zero attached hydrogens (tertiary/aromatic N) is 1. The first kappa shape index (κ1) is 12.1. The zero-order valence-electron chi connectivity index (χ0n) is 10.2. The van der Waals surface area contributed by atoms with Crippen LogP contribution in [0.2, 0.25) is 0 Å². The zero-order valence-corrected chi connectivity index (χ0v) is 10.2. The average molecular weight is 243 g/mol. The lowest BCUT2D eigenvalue weighted by Crippen LogP contribution is -2.13. The first-order chi connectivity index (χ1) is 8.67. The molecule has 0 spiro atoms. The van der Waals surface area contributed by atoms with Gasteiger partial charge in [-0.1, -0.05) is 12.1 Å². The summed E-state index contributed by atoms with van der Waals surface area (Å²) in [5.74, 6) is 0.682. The van der Waals surface area contributed by atoms with E-state index in [-0.39, 0.29) is 11.0 Å². The highest BCUT2D eigenvalue weighted by Gasteiger charge is 2.08. The van der Waals surface area contributed by atoms with Gasteiger partial charge in [0.15, 0.2) is 11.7 Å². The molecule has 0 radical (unpaired) electrons. The number of benzene rings is 1. The average Bonchev–Trinajstić information content (AvgIpc) is 2.39. The molecular formula is C14H13NO3. The SMILES string of the molecule is COc1ccccc1-n1cc(C=O)c(=O)cc1C. The van der Waals surface area contributed by atoms with E-state index in [9.17, 15) is 9.59 Å². The summed E-state index contributed by atoms with van der Waals surface area (Å²) in [4.78, 5) is 22.4. The van der Waals surface area contributed by atoms with Gasteiger partial charge in [-0.3, -0.25) is 9.59 Å². The molecule has 0 aliphatic carbocycles. The molecule has 1 aromatic carbocycles. The van der Waals surface area contributed by atoms with Crippen LogP contribution in [0, 0.1) is 6.92 Å². The monoisotopic (exact) mass is 243 g/mol. The Labute approximate surface area is 104 Å². The summed E-state index contributed by atoms with van der Waals surface area (Å²) in [6, 6.07) is 8.87. The molecule has 0 aliphatic rings. The molecule has 4 heteroatoms. The molecule has 0 aliphatic heterocycles. The smallest absolute Gasteiger partial charge is 0.192 e. The molecule has 0 atom stereocenters. The third-order valence-corrected chi connectivity index (χ3v) is 2.74. The van der Waals surface area contributed by atoms with Gasteiger partial charge in [-0.15, -0.1) is 0 Å². The second-order valence-electron chi connectivity index (χ2n) is 3.89. The topological polar surface area (TPSA) is 48.3 Å². The number of pyridine rings is 1. The minimum absolute atomic E-state index is 0.131. The van der Waals surface area contributed by atoms with Crippen LogP contribution < -0.4 is 10.2 Å². The molecule has 92 valence electrons. The Morgan fingerprint density at radius 1 is 1.28 bits per heavy atom. The molecule has 0 N–H and O–H groups in total. The molecule has 0 fully saturated rings. The fraction of sp³-hybridized carbons (Fsp3) is 0.143. The van der Waals surface area contributed by atoms with Gasteiger partial charge in [0.2, 0.25) is 0 Å². The van der Waals surface area contributed by atoms with E-state index in [1.807, 2.05) is 31.2 Å². The lowest BCUT2D eigenvalue weighted by atomic mass is 10.2. The molecule has 0 amide bonds. The lowest BCUT2D eigenvalue weighted by molar-refractivity contribution is 0.112. The summed E-state index contributed by atoms with van der Waals surface area (Å²) in [5, 5.41) is 0. The number of carbonyl (C=O) groups is 1. The van der Waals surface area contributed by atoms with Gasteiger partial charge in [-0.2, -0.15) is 0 Å². The fourth-order valence-corrected chi connectivity index (χ4v) is 1.82. The molecular weight excluding hydrogens is 230 g/mol. The summed E-state index contributed by atoms with van der Waals surface area (Å²) in [7, 11) is 1.58. The molecule has 18 heavy (non-hydrogen) atoms. The summed E-state index contributed by atoms with van der Waals surface area (Å²) in [6.07, 6.45) is 2.09. The molecule has 0 saturated heterocycles. The van der Waals surface area contributed by atoms with E-state index >= 15 is 0 Å². The Hall–Kier alpha value is -2.36. The third kappa shape index (κ3) is 2.05. The molecule has 0 unspecified atom stereocenters. The standard InChI is InChI=1S/C14H13NO3/c1-10-7-13(17)11(9-16)8-15(10)12-5-3-4-6-14(12)18-2/h3-9H,1-2H3. The highest BCUT2D eigenvalue weighted by Crippen LogP contribution is 2.22. The van der Waals surface area contributed by atoms with Gasteiger partial charge in [0.1, 0.15) is 5.75 Å². The predicted molar refractivity (Wildman–Crippen MR) is 68.7 cm³/mol. The van der Waals surface area contributed by atoms with Crippen molar-refractivity contribution < 1.29 is 9.53 Å². The maximum Gasteiger partial charge on any atom is 0.192 e. The van der Waals surface area contributed by atoms with Crippen molar-refractivity contribution >= 4 is 6.29 Å². The Morgan fingerprint density at radius 2 is 2.00 bits per heavy atom. The maximum absolute atomic E-state index is 11.5. The number of ether oxygens (including phenoxy) is 1. The first-order valence-corrected chi connectivity index (χ1v) is 5.49. The van der Waals surface area contributed by atoms with Crippen molar-refractivity contribution in [1.29, 1.82) is 0 Å². The van der Waals surface area contributed by atoms with Crippen molar-refractivity contribution in [1.82, 2.24) is 4.57 Å². The summed E-state index contributed by atoms with van der Waals surface area (Å²) < 4.78 is 7.04. The van der Waals surface area contributed by atoms with E-state index in [1.54, 1.807) is 11.7 Å². The number of hydrogen-bond donors (Lipinski definition) is 0. The van der Waals surface area contributed by atoms with Crippen molar-refractivity contribution in [3.8, 4) is 11.4 Å². The van der Waals surface area contributed by atoms with Gasteiger partial charge < -0.3 is 9.30 Å². The second kappa shape index (κ2) is 4.87. The van der Waals surface area contributed by atoms with Crippen LogP contribution in [0.15, 0.2) is 41.3 Å². The van der Waals surface area contributed by atoms with Crippen molar-refractivity contribution in [3.05, 3.63) is 58.0 Å². The summed E-state index contributed by atoms with van der Waals surface area (Å²) >= 11 is 0. The molecule has 1 aromatic heterocycles. The van der Waals surface area contributed by atoms with Crippen LogP contribution in [-0.2, 0) is 0 Å². The van der Waals surface area contributed by atoms with E-state index in [2.05, 4.69) is 0 Å². The number of aryl methyl sites for hydroxylation is 1. The fourth-order valence-electron chi connectivity index (χ4n) is 1.82. The summed E-state index contributed by atoms with van der Waals surface area (Å²) in [5.41, 5.74) is 1.40. The van der Waals surface area contributed by atoms with Gasteiger partial charge in [0.25, 0.3) is 0 Å². The number of rotatable bonds is 3. The number of aromatic nitrogens is 1. The molecule has 0 bridgehead atoms. The number of para-hydroxylation sites is 2. The molecule has 4 nitrogen and oxygen atoms in total. The van der Waals surface area contributed by atoms with Crippen molar-refractivity contribution in [3.63, 3.8) is 0 Å². The molecule has 0 saturated carbocycles. The van der Waals surface area contributed by atoms with Gasteiger partial charge in [0, 0.05) is 18.0 Å². The van der Waals surface area contributed by atoms with E-state index in [0.29, 0.717) is 12.0 Å². The van der Waals surface area contributed by atoms with Crippen LogP contribution in [0.25, 0.3) is 5.69 Å². The first-order valence-electron chi connectivity index (χ1n) is 5.49. The number of hydrogen-bond acceptors (Lipinski definition) is 3.